The van der Waals surface area contributed by atoms with E-state index >= 15 is 0 Å². The van der Waals surface area contributed by atoms with Gasteiger partial charge in [-0.05, 0) is 37.1 Å². The molecule has 0 aromatic heterocycles. The maximum Gasteiger partial charge on any atom is 0.0410 e. The third-order valence-electron chi connectivity index (χ3n) is 2.45. The number of nitrogens with zero attached hydrogens (tertiary/aromatic N) is 1. The molecule has 0 bridgehead atoms. The maximum atomic E-state index is 6.01. The summed E-state index contributed by atoms with van der Waals surface area (Å²) < 4.78 is 0. The number of benzene rings is 1. The molecule has 0 atom stereocenters. The highest BCUT2D eigenvalue weighted by molar-refractivity contribution is 7.98. The summed E-state index contributed by atoms with van der Waals surface area (Å²) >= 11 is 7.87. The molecule has 0 aliphatic carbocycles. The highest BCUT2D eigenvalue weighted by Crippen LogP contribution is 2.23. The lowest BCUT2D eigenvalue weighted by atomic mass is 10.1. The second-order valence-corrected chi connectivity index (χ2v) is 5.14. The number of hydrogen-bond acceptors (Lipinski definition) is 3. The van der Waals surface area contributed by atoms with Crippen LogP contribution in [0.4, 0.5) is 5.69 Å². The Balaban J connectivity index is 2.84. The molecular formula is C12H19ClN2S. The average molecular weight is 259 g/mol. The molecule has 0 saturated heterocycles. The lowest BCUT2D eigenvalue weighted by Crippen LogP contribution is -2.22. The quantitative estimate of drug-likeness (QED) is 0.845. The van der Waals surface area contributed by atoms with E-state index in [-0.39, 0.29) is 0 Å². The molecule has 0 amide bonds. The Hall–Kier alpha value is -0.380. The van der Waals surface area contributed by atoms with Gasteiger partial charge in [-0.25, -0.2) is 0 Å². The van der Waals surface area contributed by atoms with Crippen LogP contribution < -0.4 is 10.2 Å². The van der Waals surface area contributed by atoms with E-state index in [2.05, 4.69) is 29.6 Å². The summed E-state index contributed by atoms with van der Waals surface area (Å²) in [5.41, 5.74) is 2.51. The Morgan fingerprint density at radius 2 is 2.19 bits per heavy atom. The van der Waals surface area contributed by atoms with Gasteiger partial charge in [-0.1, -0.05) is 11.6 Å². The zero-order valence-corrected chi connectivity index (χ0v) is 11.7. The minimum atomic E-state index is 0.798. The Morgan fingerprint density at radius 3 is 2.81 bits per heavy atom. The van der Waals surface area contributed by atoms with Crippen LogP contribution in [0.15, 0.2) is 18.2 Å². The third kappa shape index (κ3) is 3.89. The van der Waals surface area contributed by atoms with E-state index in [4.69, 9.17) is 11.6 Å². The molecule has 16 heavy (non-hydrogen) atoms. The van der Waals surface area contributed by atoms with Crippen molar-refractivity contribution < 1.29 is 0 Å². The highest BCUT2D eigenvalue weighted by atomic mass is 35.5. The topological polar surface area (TPSA) is 15.3 Å². The second-order valence-electron chi connectivity index (χ2n) is 3.72. The van der Waals surface area contributed by atoms with Gasteiger partial charge in [0.05, 0.1) is 0 Å². The molecule has 1 aromatic rings. The summed E-state index contributed by atoms with van der Waals surface area (Å²) in [5, 5.41) is 3.97. The smallest absolute Gasteiger partial charge is 0.0410 e. The standard InChI is InChI=1S/C12H19ClN2S/c1-14-9-10-8-11(13)4-5-12(10)15(2)6-7-16-3/h4-5,8,14H,6-7,9H2,1-3H3. The van der Waals surface area contributed by atoms with E-state index < -0.39 is 0 Å². The van der Waals surface area contributed by atoms with Crippen molar-refractivity contribution in [2.45, 2.75) is 6.54 Å². The number of anilines is 1. The molecule has 0 aliphatic heterocycles. The number of rotatable bonds is 6. The lowest BCUT2D eigenvalue weighted by molar-refractivity contribution is 0.810. The molecule has 90 valence electrons. The molecular weight excluding hydrogens is 240 g/mol. The molecule has 0 spiro atoms. The number of hydrogen-bond donors (Lipinski definition) is 1. The molecule has 4 heteroatoms. The normalized spacial score (nSPS) is 10.5. The van der Waals surface area contributed by atoms with E-state index in [1.165, 1.54) is 11.3 Å². The van der Waals surface area contributed by atoms with Gasteiger partial charge in [0.1, 0.15) is 0 Å². The predicted octanol–water partition coefficient (Wildman–Crippen LogP) is 2.86. The first-order valence-corrected chi connectivity index (χ1v) is 7.09. The molecule has 1 N–H and O–H groups in total. The zero-order valence-electron chi connectivity index (χ0n) is 10.1. The van der Waals surface area contributed by atoms with Gasteiger partial charge in [0.2, 0.25) is 0 Å². The first-order chi connectivity index (χ1) is 7.69. The molecule has 1 rings (SSSR count). The predicted molar refractivity (Wildman–Crippen MR) is 75.9 cm³/mol. The molecule has 0 saturated carbocycles. The van der Waals surface area contributed by atoms with Gasteiger partial charge >= 0.3 is 0 Å². The van der Waals surface area contributed by atoms with Crippen molar-refractivity contribution in [1.82, 2.24) is 5.32 Å². The first kappa shape index (κ1) is 13.7. The van der Waals surface area contributed by atoms with Crippen LogP contribution in [0.5, 0.6) is 0 Å². The maximum absolute atomic E-state index is 6.01. The van der Waals surface area contributed by atoms with Gasteiger partial charge in [-0.3, -0.25) is 0 Å². The van der Waals surface area contributed by atoms with Gasteiger partial charge in [-0.15, -0.1) is 0 Å². The van der Waals surface area contributed by atoms with Crippen molar-refractivity contribution >= 4 is 29.1 Å². The summed E-state index contributed by atoms with van der Waals surface area (Å²) in [6.07, 6.45) is 2.13. The largest absolute Gasteiger partial charge is 0.374 e. The molecule has 1 aromatic carbocycles. The van der Waals surface area contributed by atoms with Crippen LogP contribution >= 0.6 is 23.4 Å². The fourth-order valence-electron chi connectivity index (χ4n) is 1.61. The van der Waals surface area contributed by atoms with Crippen LogP contribution in [-0.2, 0) is 6.54 Å². The van der Waals surface area contributed by atoms with Gasteiger partial charge < -0.3 is 10.2 Å². The van der Waals surface area contributed by atoms with Gasteiger partial charge in [0, 0.05) is 36.6 Å². The molecule has 0 fully saturated rings. The van der Waals surface area contributed by atoms with Gasteiger partial charge in [-0.2, -0.15) is 11.8 Å². The average Bonchev–Trinajstić information content (AvgIpc) is 2.26. The monoisotopic (exact) mass is 258 g/mol. The number of thioether (sulfide) groups is 1. The minimum absolute atomic E-state index is 0.798. The Bertz CT molecular complexity index is 331. The van der Waals surface area contributed by atoms with Crippen LogP contribution in [0.25, 0.3) is 0 Å². The van der Waals surface area contributed by atoms with Crippen molar-refractivity contribution in [2.75, 3.05) is 37.5 Å². The van der Waals surface area contributed by atoms with Gasteiger partial charge in [0.25, 0.3) is 0 Å². The summed E-state index contributed by atoms with van der Waals surface area (Å²) in [7, 11) is 4.07. The molecule has 0 radical (unpaired) electrons. The molecule has 0 heterocycles. The molecule has 2 nitrogen and oxygen atoms in total. The van der Waals surface area contributed by atoms with Crippen LogP contribution in [-0.4, -0.2) is 32.6 Å². The van der Waals surface area contributed by atoms with Crippen molar-refractivity contribution in [1.29, 1.82) is 0 Å². The minimum Gasteiger partial charge on any atom is -0.374 e. The van der Waals surface area contributed by atoms with E-state index in [1.54, 1.807) is 0 Å². The third-order valence-corrected chi connectivity index (χ3v) is 3.28. The number of halogens is 1. The van der Waals surface area contributed by atoms with Crippen molar-refractivity contribution in [3.63, 3.8) is 0 Å². The number of nitrogens with one attached hydrogen (secondary N) is 1. The Labute approximate surface area is 107 Å². The first-order valence-electron chi connectivity index (χ1n) is 5.32. The van der Waals surface area contributed by atoms with E-state index in [0.29, 0.717) is 0 Å². The van der Waals surface area contributed by atoms with Crippen LogP contribution in [0.1, 0.15) is 5.56 Å². The molecule has 0 aliphatic rings. The zero-order chi connectivity index (χ0) is 12.0. The Morgan fingerprint density at radius 1 is 1.44 bits per heavy atom. The van der Waals surface area contributed by atoms with Crippen LogP contribution in [0, 0.1) is 0 Å². The highest BCUT2D eigenvalue weighted by Gasteiger charge is 2.07. The van der Waals surface area contributed by atoms with Crippen molar-refractivity contribution in [3.8, 4) is 0 Å². The van der Waals surface area contributed by atoms with Crippen LogP contribution in [0.2, 0.25) is 5.02 Å². The lowest BCUT2D eigenvalue weighted by Gasteiger charge is -2.22. The van der Waals surface area contributed by atoms with E-state index in [1.807, 2.05) is 30.9 Å². The summed E-state index contributed by atoms with van der Waals surface area (Å²) in [6, 6.07) is 6.07. The summed E-state index contributed by atoms with van der Waals surface area (Å²) in [4.78, 5) is 2.28. The summed E-state index contributed by atoms with van der Waals surface area (Å²) in [5.74, 6) is 1.14. The van der Waals surface area contributed by atoms with Gasteiger partial charge in [0.15, 0.2) is 0 Å². The van der Waals surface area contributed by atoms with Crippen LogP contribution in [0.3, 0.4) is 0 Å². The molecule has 0 unspecified atom stereocenters. The van der Waals surface area contributed by atoms with E-state index in [9.17, 15) is 0 Å². The van der Waals surface area contributed by atoms with Crippen molar-refractivity contribution in [3.05, 3.63) is 28.8 Å². The van der Waals surface area contributed by atoms with Crippen molar-refractivity contribution in [2.24, 2.45) is 0 Å². The van der Waals surface area contributed by atoms with E-state index in [0.717, 1.165) is 23.9 Å². The second kappa shape index (κ2) is 7.05. The summed E-state index contributed by atoms with van der Waals surface area (Å²) in [6.45, 7) is 1.90. The Kier molecular flexibility index (Phi) is 6.03. The fraction of sp³-hybridized carbons (Fsp3) is 0.500. The fourth-order valence-corrected chi connectivity index (χ4v) is 2.26. The SMILES string of the molecule is CNCc1cc(Cl)ccc1N(C)CCSC.